The maximum atomic E-state index is 12.2. The molecule has 0 spiro atoms. The van der Waals surface area contributed by atoms with Crippen LogP contribution in [-0.2, 0) is 19.1 Å². The van der Waals surface area contributed by atoms with E-state index in [1.807, 2.05) is 31.2 Å². The summed E-state index contributed by atoms with van der Waals surface area (Å²) in [6, 6.07) is 12.2. The van der Waals surface area contributed by atoms with E-state index in [0.717, 1.165) is 16.1 Å². The molecule has 0 saturated heterocycles. The average Bonchev–Trinajstić information content (AvgIpc) is 3.08. The number of carbonyl (C=O) groups is 3. The minimum atomic E-state index is -0.994. The molecule has 0 saturated carbocycles. The minimum Gasteiger partial charge on any atom is -0.446 e. The number of hydrazone groups is 1. The lowest BCUT2D eigenvalue weighted by molar-refractivity contribution is -0.136. The Hall–Kier alpha value is -3.68. The van der Waals surface area contributed by atoms with Gasteiger partial charge in [-0.1, -0.05) is 24.3 Å². The van der Waals surface area contributed by atoms with Gasteiger partial charge in [-0.05, 0) is 30.7 Å². The van der Waals surface area contributed by atoms with E-state index < -0.39 is 18.2 Å². The third-order valence-corrected chi connectivity index (χ3v) is 4.12. The Morgan fingerprint density at radius 3 is 2.28 bits per heavy atom. The fourth-order valence-corrected chi connectivity index (χ4v) is 2.91. The molecule has 2 aromatic rings. The highest BCUT2D eigenvalue weighted by molar-refractivity contribution is 5.97. The minimum absolute atomic E-state index is 0.00677. The number of rotatable bonds is 4. The van der Waals surface area contributed by atoms with E-state index in [1.54, 1.807) is 12.1 Å². The lowest BCUT2D eigenvalue weighted by Crippen LogP contribution is -2.26. The van der Waals surface area contributed by atoms with Crippen molar-refractivity contribution in [2.45, 2.75) is 33.9 Å². The zero-order chi connectivity index (χ0) is 21.1. The summed E-state index contributed by atoms with van der Waals surface area (Å²) < 4.78 is 16.5. The molecule has 3 rings (SSSR count). The van der Waals surface area contributed by atoms with Crippen LogP contribution in [0.1, 0.15) is 43.7 Å². The van der Waals surface area contributed by atoms with Gasteiger partial charge >= 0.3 is 11.9 Å². The van der Waals surface area contributed by atoms with Crippen LogP contribution in [0.15, 0.2) is 47.6 Å². The number of ether oxygens (including phenoxy) is 3. The van der Waals surface area contributed by atoms with E-state index in [4.69, 9.17) is 14.2 Å². The van der Waals surface area contributed by atoms with Crippen molar-refractivity contribution in [3.63, 3.8) is 0 Å². The third-order valence-electron chi connectivity index (χ3n) is 4.12. The standard InChI is InChI=1S/C21H20N2O6/c1-12-8-5-6-9-16(12)20-22-23(13(2)24)21(29-20)17-10-7-11-18(27-14(3)25)19(17)28-15(4)26/h5-11,21H,1-4H3. The second kappa shape index (κ2) is 8.14. The maximum Gasteiger partial charge on any atom is 0.308 e. The summed E-state index contributed by atoms with van der Waals surface area (Å²) in [5, 5.41) is 5.47. The molecule has 0 bridgehead atoms. The van der Waals surface area contributed by atoms with E-state index in [-0.39, 0.29) is 23.3 Å². The SMILES string of the molecule is CC(=O)Oc1cccc(C2OC(c3ccccc3C)=NN2C(C)=O)c1OC(C)=O. The highest BCUT2D eigenvalue weighted by atomic mass is 16.6. The summed E-state index contributed by atoms with van der Waals surface area (Å²) in [4.78, 5) is 35.3. The van der Waals surface area contributed by atoms with E-state index >= 15 is 0 Å². The van der Waals surface area contributed by atoms with Gasteiger partial charge in [0.15, 0.2) is 11.5 Å². The molecule has 0 aliphatic carbocycles. The summed E-state index contributed by atoms with van der Waals surface area (Å²) in [7, 11) is 0. The second-order valence-electron chi connectivity index (χ2n) is 6.42. The van der Waals surface area contributed by atoms with Gasteiger partial charge in [0.1, 0.15) is 0 Å². The second-order valence-corrected chi connectivity index (χ2v) is 6.42. The molecule has 0 radical (unpaired) electrons. The van der Waals surface area contributed by atoms with Crippen LogP contribution >= 0.6 is 0 Å². The van der Waals surface area contributed by atoms with Gasteiger partial charge in [-0.15, -0.1) is 5.10 Å². The van der Waals surface area contributed by atoms with Crippen LogP contribution in [0.4, 0.5) is 0 Å². The number of aryl methyl sites for hydroxylation is 1. The van der Waals surface area contributed by atoms with Crippen LogP contribution in [0.5, 0.6) is 11.5 Å². The Balaban J connectivity index is 2.07. The molecular formula is C21H20N2O6. The molecule has 150 valence electrons. The first-order valence-corrected chi connectivity index (χ1v) is 8.88. The van der Waals surface area contributed by atoms with Gasteiger partial charge in [0.25, 0.3) is 0 Å². The lowest BCUT2D eigenvalue weighted by atomic mass is 10.1. The molecule has 2 aromatic carbocycles. The first-order valence-electron chi connectivity index (χ1n) is 8.88. The number of esters is 2. The lowest BCUT2D eigenvalue weighted by Gasteiger charge is -2.22. The summed E-state index contributed by atoms with van der Waals surface area (Å²) in [5.74, 6) is -1.27. The number of hydrogen-bond donors (Lipinski definition) is 0. The van der Waals surface area contributed by atoms with E-state index in [2.05, 4.69) is 5.10 Å². The van der Waals surface area contributed by atoms with Crippen molar-refractivity contribution in [1.29, 1.82) is 0 Å². The van der Waals surface area contributed by atoms with Crippen molar-refractivity contribution in [1.82, 2.24) is 5.01 Å². The normalized spacial score (nSPS) is 15.4. The van der Waals surface area contributed by atoms with Gasteiger partial charge in [0, 0.05) is 26.3 Å². The van der Waals surface area contributed by atoms with Crippen molar-refractivity contribution < 1.29 is 28.6 Å². The number of carbonyl (C=O) groups excluding carboxylic acids is 3. The average molecular weight is 396 g/mol. The van der Waals surface area contributed by atoms with Gasteiger partial charge < -0.3 is 14.2 Å². The van der Waals surface area contributed by atoms with E-state index in [0.29, 0.717) is 5.56 Å². The zero-order valence-corrected chi connectivity index (χ0v) is 16.5. The number of benzene rings is 2. The highest BCUT2D eigenvalue weighted by Crippen LogP contribution is 2.41. The Morgan fingerprint density at radius 2 is 1.66 bits per heavy atom. The summed E-state index contributed by atoms with van der Waals surface area (Å²) in [6.07, 6.45) is -0.994. The monoisotopic (exact) mass is 396 g/mol. The van der Waals surface area contributed by atoms with Crippen LogP contribution in [0.3, 0.4) is 0 Å². The van der Waals surface area contributed by atoms with Gasteiger partial charge in [-0.3, -0.25) is 14.4 Å². The van der Waals surface area contributed by atoms with Crippen LogP contribution in [0.25, 0.3) is 0 Å². The topological polar surface area (TPSA) is 94.5 Å². The number of hydrogen-bond acceptors (Lipinski definition) is 7. The first kappa shape index (κ1) is 20.1. The van der Waals surface area contributed by atoms with Crippen molar-refractivity contribution >= 4 is 23.7 Å². The Bertz CT molecular complexity index is 1010. The van der Waals surface area contributed by atoms with Crippen molar-refractivity contribution in [3.8, 4) is 11.5 Å². The van der Waals surface area contributed by atoms with Crippen molar-refractivity contribution in [3.05, 3.63) is 59.2 Å². The molecule has 0 N–H and O–H groups in total. The number of amides is 1. The van der Waals surface area contributed by atoms with Gasteiger partial charge in [0.05, 0.1) is 5.56 Å². The third kappa shape index (κ3) is 4.26. The molecule has 8 heteroatoms. The molecule has 1 atom stereocenters. The first-order chi connectivity index (χ1) is 13.8. The highest BCUT2D eigenvalue weighted by Gasteiger charge is 2.36. The molecule has 0 aromatic heterocycles. The molecule has 0 fully saturated rings. The van der Waals surface area contributed by atoms with Crippen molar-refractivity contribution in [2.75, 3.05) is 0 Å². The molecular weight excluding hydrogens is 376 g/mol. The summed E-state index contributed by atoms with van der Waals surface area (Å²) in [5.41, 5.74) is 1.97. The number of para-hydroxylation sites is 1. The van der Waals surface area contributed by atoms with Crippen LogP contribution < -0.4 is 9.47 Å². The molecule has 29 heavy (non-hydrogen) atoms. The van der Waals surface area contributed by atoms with Crippen molar-refractivity contribution in [2.24, 2.45) is 5.10 Å². The zero-order valence-electron chi connectivity index (χ0n) is 16.5. The molecule has 1 aliphatic rings. The Kier molecular flexibility index (Phi) is 5.63. The Morgan fingerprint density at radius 1 is 0.966 bits per heavy atom. The summed E-state index contributed by atoms with van der Waals surface area (Å²) >= 11 is 0. The fraction of sp³-hybridized carbons (Fsp3) is 0.238. The molecule has 1 heterocycles. The van der Waals surface area contributed by atoms with E-state index in [9.17, 15) is 14.4 Å². The largest absolute Gasteiger partial charge is 0.446 e. The molecule has 1 unspecified atom stereocenters. The molecule has 1 aliphatic heterocycles. The van der Waals surface area contributed by atoms with Crippen LogP contribution in [-0.4, -0.2) is 28.8 Å². The number of nitrogens with zero attached hydrogens (tertiary/aromatic N) is 2. The van der Waals surface area contributed by atoms with Gasteiger partial charge in [-0.25, -0.2) is 0 Å². The van der Waals surface area contributed by atoms with Gasteiger partial charge in [-0.2, -0.15) is 5.01 Å². The maximum absolute atomic E-state index is 12.2. The predicted octanol–water partition coefficient (Wildman–Crippen LogP) is 3.08. The smallest absolute Gasteiger partial charge is 0.308 e. The quantitative estimate of drug-likeness (QED) is 0.582. The van der Waals surface area contributed by atoms with Gasteiger partial charge in [0.2, 0.25) is 18.0 Å². The van der Waals surface area contributed by atoms with Crippen LogP contribution in [0.2, 0.25) is 0 Å². The van der Waals surface area contributed by atoms with Crippen LogP contribution in [0, 0.1) is 6.92 Å². The molecule has 8 nitrogen and oxygen atoms in total. The Labute approximate surface area is 167 Å². The fourth-order valence-electron chi connectivity index (χ4n) is 2.91. The molecule has 1 amide bonds. The van der Waals surface area contributed by atoms with E-state index in [1.165, 1.54) is 26.8 Å². The predicted molar refractivity (Wildman–Crippen MR) is 103 cm³/mol. The summed E-state index contributed by atoms with van der Waals surface area (Å²) in [6.45, 7) is 5.71.